The highest BCUT2D eigenvalue weighted by Crippen LogP contribution is 2.29. The summed E-state index contributed by atoms with van der Waals surface area (Å²) in [5.41, 5.74) is 2.31. The number of aromatic amines is 1. The van der Waals surface area contributed by atoms with Crippen molar-refractivity contribution in [2.75, 3.05) is 0 Å². The highest BCUT2D eigenvalue weighted by Gasteiger charge is 2.16. The molecule has 0 amide bonds. The van der Waals surface area contributed by atoms with E-state index in [9.17, 15) is 10.1 Å². The summed E-state index contributed by atoms with van der Waals surface area (Å²) in [6.07, 6.45) is 4.99. The molecule has 0 fully saturated rings. The first kappa shape index (κ1) is 12.1. The molecule has 2 rings (SSSR count). The summed E-state index contributed by atoms with van der Waals surface area (Å²) >= 11 is 0. The molecule has 4 nitrogen and oxygen atoms in total. The van der Waals surface area contributed by atoms with Gasteiger partial charge in [-0.3, -0.25) is 9.78 Å². The number of hydrogen-bond donors (Lipinski definition) is 1. The molecule has 4 heteroatoms. The maximum Gasteiger partial charge on any atom is 0.266 e. The Morgan fingerprint density at radius 2 is 2.00 bits per heavy atom. The quantitative estimate of drug-likeness (QED) is 0.875. The third kappa shape index (κ3) is 2.03. The van der Waals surface area contributed by atoms with Crippen molar-refractivity contribution in [1.29, 1.82) is 5.26 Å². The molecular formula is C14H13N3O. The Hall–Kier alpha value is -2.41. The highest BCUT2D eigenvalue weighted by atomic mass is 16.1. The monoisotopic (exact) mass is 239 g/mol. The van der Waals surface area contributed by atoms with Gasteiger partial charge in [-0.15, -0.1) is 0 Å². The number of H-pyrrole nitrogens is 1. The van der Waals surface area contributed by atoms with E-state index in [4.69, 9.17) is 0 Å². The molecule has 0 bridgehead atoms. The van der Waals surface area contributed by atoms with Crippen LogP contribution in [0.15, 0.2) is 35.5 Å². The van der Waals surface area contributed by atoms with Gasteiger partial charge >= 0.3 is 0 Å². The first-order valence-electron chi connectivity index (χ1n) is 5.71. The van der Waals surface area contributed by atoms with Crippen LogP contribution in [0.2, 0.25) is 0 Å². The molecule has 2 aromatic rings. The fraction of sp³-hybridized carbons (Fsp3) is 0.214. The van der Waals surface area contributed by atoms with Crippen molar-refractivity contribution < 1.29 is 0 Å². The van der Waals surface area contributed by atoms with Gasteiger partial charge in [-0.25, -0.2) is 0 Å². The lowest BCUT2D eigenvalue weighted by Crippen LogP contribution is -2.13. The molecule has 0 atom stereocenters. The minimum absolute atomic E-state index is 0.160. The van der Waals surface area contributed by atoms with Crippen LogP contribution in [0.3, 0.4) is 0 Å². The summed E-state index contributed by atoms with van der Waals surface area (Å²) in [6, 6.07) is 5.61. The normalized spacial score (nSPS) is 10.3. The number of nitrogens with one attached hydrogen (secondary N) is 1. The topological polar surface area (TPSA) is 69.5 Å². The second-order valence-corrected chi connectivity index (χ2v) is 4.33. The molecule has 0 aliphatic rings. The number of aromatic nitrogens is 2. The molecule has 0 saturated carbocycles. The number of nitrogens with zero attached hydrogens (tertiary/aromatic N) is 2. The number of hydrogen-bond acceptors (Lipinski definition) is 3. The number of rotatable bonds is 2. The van der Waals surface area contributed by atoms with E-state index in [1.54, 1.807) is 18.6 Å². The minimum Gasteiger partial charge on any atom is -0.328 e. The van der Waals surface area contributed by atoms with E-state index in [1.807, 2.05) is 32.0 Å². The smallest absolute Gasteiger partial charge is 0.266 e. The van der Waals surface area contributed by atoms with Crippen molar-refractivity contribution >= 4 is 0 Å². The first-order valence-corrected chi connectivity index (χ1v) is 5.71. The van der Waals surface area contributed by atoms with Crippen LogP contribution in [-0.4, -0.2) is 9.97 Å². The molecule has 0 unspecified atom stereocenters. The van der Waals surface area contributed by atoms with E-state index < -0.39 is 0 Å². The van der Waals surface area contributed by atoms with Gasteiger partial charge < -0.3 is 4.98 Å². The summed E-state index contributed by atoms with van der Waals surface area (Å²) in [6.45, 7) is 4.05. The summed E-state index contributed by atoms with van der Waals surface area (Å²) < 4.78 is 0. The summed E-state index contributed by atoms with van der Waals surface area (Å²) in [5.74, 6) is 0.220. The van der Waals surface area contributed by atoms with Crippen molar-refractivity contribution in [2.24, 2.45) is 0 Å². The second kappa shape index (κ2) is 4.84. The molecular weight excluding hydrogens is 226 g/mol. The third-order valence-electron chi connectivity index (χ3n) is 2.83. The molecule has 0 aliphatic heterocycles. The molecule has 0 spiro atoms. The van der Waals surface area contributed by atoms with Crippen molar-refractivity contribution in [3.8, 4) is 17.2 Å². The van der Waals surface area contributed by atoms with Crippen LogP contribution < -0.4 is 5.56 Å². The highest BCUT2D eigenvalue weighted by molar-refractivity contribution is 5.73. The van der Waals surface area contributed by atoms with Crippen LogP contribution in [0.1, 0.15) is 30.9 Å². The Labute approximate surface area is 105 Å². The van der Waals surface area contributed by atoms with Crippen LogP contribution in [-0.2, 0) is 0 Å². The van der Waals surface area contributed by atoms with E-state index >= 15 is 0 Å². The lowest BCUT2D eigenvalue weighted by atomic mass is 9.92. The molecule has 2 aromatic heterocycles. The van der Waals surface area contributed by atoms with Crippen LogP contribution in [0.5, 0.6) is 0 Å². The van der Waals surface area contributed by atoms with Crippen LogP contribution in [0.4, 0.5) is 0 Å². The molecule has 90 valence electrons. The zero-order chi connectivity index (χ0) is 13.1. The summed E-state index contributed by atoms with van der Waals surface area (Å²) in [5, 5.41) is 9.18. The molecule has 2 heterocycles. The van der Waals surface area contributed by atoms with E-state index in [0.717, 1.165) is 11.1 Å². The van der Waals surface area contributed by atoms with E-state index in [-0.39, 0.29) is 17.0 Å². The minimum atomic E-state index is -0.353. The lowest BCUT2D eigenvalue weighted by molar-refractivity contribution is 0.857. The van der Waals surface area contributed by atoms with Gasteiger partial charge in [-0.2, -0.15) is 5.26 Å². The Kier molecular flexibility index (Phi) is 3.24. The maximum absolute atomic E-state index is 11.7. The molecule has 1 N–H and O–H groups in total. The SMILES string of the molecule is CC(C)c1c[nH]c(=O)c(C#N)c1-c1ccncc1. The van der Waals surface area contributed by atoms with Gasteiger partial charge in [-0.1, -0.05) is 13.8 Å². The number of pyridine rings is 2. The van der Waals surface area contributed by atoms with Crippen molar-refractivity contribution in [3.05, 3.63) is 52.2 Å². The van der Waals surface area contributed by atoms with Crippen LogP contribution in [0.25, 0.3) is 11.1 Å². The van der Waals surface area contributed by atoms with Crippen molar-refractivity contribution in [3.63, 3.8) is 0 Å². The van der Waals surface area contributed by atoms with Gasteiger partial charge in [0, 0.05) is 24.2 Å². The van der Waals surface area contributed by atoms with Gasteiger partial charge in [0.15, 0.2) is 0 Å². The van der Waals surface area contributed by atoms with E-state index in [1.165, 1.54) is 0 Å². The Morgan fingerprint density at radius 3 is 2.56 bits per heavy atom. The first-order chi connectivity index (χ1) is 8.65. The van der Waals surface area contributed by atoms with Gasteiger partial charge in [0.05, 0.1) is 0 Å². The molecule has 0 radical (unpaired) electrons. The van der Waals surface area contributed by atoms with Gasteiger partial charge in [0.25, 0.3) is 5.56 Å². The Bertz CT molecular complexity index is 651. The van der Waals surface area contributed by atoms with Crippen LogP contribution in [0, 0.1) is 11.3 Å². The Morgan fingerprint density at radius 1 is 1.33 bits per heavy atom. The largest absolute Gasteiger partial charge is 0.328 e. The second-order valence-electron chi connectivity index (χ2n) is 4.33. The average molecular weight is 239 g/mol. The molecule has 0 aliphatic carbocycles. The predicted octanol–water partition coefficient (Wildman–Crippen LogP) is 2.43. The van der Waals surface area contributed by atoms with Gasteiger partial charge in [-0.05, 0) is 29.2 Å². The average Bonchev–Trinajstić information content (AvgIpc) is 2.39. The zero-order valence-electron chi connectivity index (χ0n) is 10.3. The van der Waals surface area contributed by atoms with E-state index in [2.05, 4.69) is 9.97 Å². The van der Waals surface area contributed by atoms with Gasteiger partial charge in [0.2, 0.25) is 0 Å². The maximum atomic E-state index is 11.7. The van der Waals surface area contributed by atoms with Crippen molar-refractivity contribution in [2.45, 2.75) is 19.8 Å². The summed E-state index contributed by atoms with van der Waals surface area (Å²) in [4.78, 5) is 18.3. The standard InChI is InChI=1S/C14H13N3O/c1-9(2)12-8-17-14(18)11(7-15)13(12)10-3-5-16-6-4-10/h3-6,8-9H,1-2H3,(H,17,18). The molecule has 0 aromatic carbocycles. The van der Waals surface area contributed by atoms with Gasteiger partial charge in [0.1, 0.15) is 11.6 Å². The fourth-order valence-electron chi connectivity index (χ4n) is 1.94. The lowest BCUT2D eigenvalue weighted by Gasteiger charge is -2.13. The van der Waals surface area contributed by atoms with Crippen molar-refractivity contribution in [1.82, 2.24) is 9.97 Å². The third-order valence-corrected chi connectivity index (χ3v) is 2.83. The molecule has 18 heavy (non-hydrogen) atoms. The summed E-state index contributed by atoms with van der Waals surface area (Å²) in [7, 11) is 0. The number of nitriles is 1. The van der Waals surface area contributed by atoms with Crippen LogP contribution >= 0.6 is 0 Å². The van der Waals surface area contributed by atoms with E-state index in [0.29, 0.717) is 5.56 Å². The fourth-order valence-corrected chi connectivity index (χ4v) is 1.94. The predicted molar refractivity (Wildman–Crippen MR) is 69.1 cm³/mol. The zero-order valence-corrected chi connectivity index (χ0v) is 10.3. The Balaban J connectivity index is 2.82. The molecule has 0 saturated heterocycles.